The Kier molecular flexibility index (Phi) is 4.94. The summed E-state index contributed by atoms with van der Waals surface area (Å²) in [5.74, 6) is -0.720. The van der Waals surface area contributed by atoms with Crippen LogP contribution in [0.15, 0.2) is 40.1 Å². The number of aromatic nitrogens is 3. The standard InChI is InChI=1S/C22H23F3N4O2/c1-11(12-6-5-7-13(18(12)23)19(24)25)26-20-15-10-29(16-9-22(16,2)3)17(30)8-14(15)21(31)28(4)27-20/h5-8,10-11,16,19H,9H2,1-4H3,(H,26,27)/t11-,16+/m1/s1. The number of rotatable bonds is 5. The fourth-order valence-corrected chi connectivity index (χ4v) is 3.96. The van der Waals surface area contributed by atoms with Gasteiger partial charge in [-0.05, 0) is 18.8 Å². The van der Waals surface area contributed by atoms with E-state index in [9.17, 15) is 22.8 Å². The van der Waals surface area contributed by atoms with Crippen LogP contribution >= 0.6 is 0 Å². The lowest BCUT2D eigenvalue weighted by molar-refractivity contribution is 0.146. The zero-order valence-electron chi connectivity index (χ0n) is 17.6. The fourth-order valence-electron chi connectivity index (χ4n) is 3.96. The number of nitrogens with zero attached hydrogens (tertiary/aromatic N) is 3. The summed E-state index contributed by atoms with van der Waals surface area (Å²) in [7, 11) is 1.45. The second kappa shape index (κ2) is 7.25. The van der Waals surface area contributed by atoms with Gasteiger partial charge in [-0.25, -0.2) is 17.9 Å². The molecule has 2 aromatic heterocycles. The number of aryl methyl sites for hydroxylation is 1. The Morgan fingerprint density at radius 3 is 2.45 bits per heavy atom. The van der Waals surface area contributed by atoms with E-state index in [1.807, 2.05) is 0 Å². The SMILES string of the molecule is C[C@@H](Nc1nn(C)c(=O)c2cc(=O)n([C@H]3CC3(C)C)cc12)c1cccc(C(F)F)c1F. The molecule has 6 nitrogen and oxygen atoms in total. The quantitative estimate of drug-likeness (QED) is 0.652. The van der Waals surface area contributed by atoms with Crippen LogP contribution < -0.4 is 16.4 Å². The number of hydrogen-bond acceptors (Lipinski definition) is 4. The van der Waals surface area contributed by atoms with Crippen LogP contribution in [0.25, 0.3) is 10.8 Å². The average molecular weight is 432 g/mol. The number of halogens is 3. The van der Waals surface area contributed by atoms with Gasteiger partial charge in [-0.15, -0.1) is 0 Å². The van der Waals surface area contributed by atoms with Crippen molar-refractivity contribution in [3.8, 4) is 0 Å². The number of anilines is 1. The van der Waals surface area contributed by atoms with Crippen LogP contribution in [0.3, 0.4) is 0 Å². The van der Waals surface area contributed by atoms with Gasteiger partial charge in [0.25, 0.3) is 17.5 Å². The normalized spacial score (nSPS) is 18.4. The van der Waals surface area contributed by atoms with E-state index in [4.69, 9.17) is 0 Å². The monoisotopic (exact) mass is 432 g/mol. The molecule has 0 saturated heterocycles. The predicted octanol–water partition coefficient (Wildman–Crippen LogP) is 4.32. The van der Waals surface area contributed by atoms with Gasteiger partial charge >= 0.3 is 0 Å². The van der Waals surface area contributed by atoms with Crippen LogP contribution in [-0.4, -0.2) is 14.3 Å². The van der Waals surface area contributed by atoms with Gasteiger partial charge < -0.3 is 9.88 Å². The summed E-state index contributed by atoms with van der Waals surface area (Å²) in [6.07, 6.45) is -0.492. The molecular formula is C22H23F3N4O2. The van der Waals surface area contributed by atoms with Gasteiger partial charge in [-0.2, -0.15) is 5.10 Å². The minimum absolute atomic E-state index is 0.0129. The van der Waals surface area contributed by atoms with E-state index in [1.54, 1.807) is 17.7 Å². The Bertz CT molecular complexity index is 1300. The highest BCUT2D eigenvalue weighted by Gasteiger charge is 2.47. The molecule has 1 N–H and O–H groups in total. The molecule has 0 spiro atoms. The Labute approximate surface area is 176 Å². The lowest BCUT2D eigenvalue weighted by Crippen LogP contribution is -2.26. The zero-order chi connectivity index (χ0) is 22.7. The highest BCUT2D eigenvalue weighted by Crippen LogP contribution is 2.54. The minimum Gasteiger partial charge on any atom is -0.361 e. The molecule has 0 amide bonds. The van der Waals surface area contributed by atoms with E-state index in [1.165, 1.54) is 25.2 Å². The van der Waals surface area contributed by atoms with Gasteiger partial charge in [0, 0.05) is 36.3 Å². The van der Waals surface area contributed by atoms with Crippen LogP contribution in [0, 0.1) is 11.2 Å². The molecule has 3 aromatic rings. The topological polar surface area (TPSA) is 68.9 Å². The van der Waals surface area contributed by atoms with Crippen molar-refractivity contribution in [2.45, 2.75) is 45.7 Å². The highest BCUT2D eigenvalue weighted by atomic mass is 19.3. The third-order valence-electron chi connectivity index (χ3n) is 6.02. The highest BCUT2D eigenvalue weighted by molar-refractivity contribution is 5.90. The van der Waals surface area contributed by atoms with Gasteiger partial charge in [0.1, 0.15) is 5.82 Å². The Morgan fingerprint density at radius 1 is 1.19 bits per heavy atom. The maximum Gasteiger partial charge on any atom is 0.274 e. The fraction of sp³-hybridized carbons (Fsp3) is 0.409. The third-order valence-corrected chi connectivity index (χ3v) is 6.02. The number of hydrogen-bond donors (Lipinski definition) is 1. The Balaban J connectivity index is 1.82. The van der Waals surface area contributed by atoms with Crippen LogP contribution in [0.1, 0.15) is 56.8 Å². The summed E-state index contributed by atoms with van der Waals surface area (Å²) in [4.78, 5) is 25.2. The molecule has 9 heteroatoms. The van der Waals surface area contributed by atoms with Gasteiger partial charge in [0.15, 0.2) is 5.82 Å². The first-order valence-electron chi connectivity index (χ1n) is 9.97. The third kappa shape index (κ3) is 3.62. The summed E-state index contributed by atoms with van der Waals surface area (Å²) in [6, 6.07) is 4.43. The van der Waals surface area contributed by atoms with Crippen LogP contribution in [-0.2, 0) is 7.05 Å². The number of fused-ring (bicyclic) bond motifs is 1. The first kappa shape index (κ1) is 21.1. The van der Waals surface area contributed by atoms with E-state index >= 15 is 0 Å². The summed E-state index contributed by atoms with van der Waals surface area (Å²) in [5.41, 5.74) is -1.35. The molecule has 2 atom stereocenters. The molecule has 1 saturated carbocycles. The first-order valence-corrected chi connectivity index (χ1v) is 9.97. The largest absolute Gasteiger partial charge is 0.361 e. The summed E-state index contributed by atoms with van der Waals surface area (Å²) in [6.45, 7) is 5.72. The maximum absolute atomic E-state index is 14.6. The molecular weight excluding hydrogens is 409 g/mol. The Hall–Kier alpha value is -3.10. The molecule has 1 aliphatic carbocycles. The van der Waals surface area contributed by atoms with Gasteiger partial charge in [0.05, 0.1) is 17.0 Å². The molecule has 31 heavy (non-hydrogen) atoms. The van der Waals surface area contributed by atoms with E-state index in [0.29, 0.717) is 5.39 Å². The van der Waals surface area contributed by atoms with E-state index < -0.39 is 29.4 Å². The predicted molar refractivity (Wildman–Crippen MR) is 112 cm³/mol. The maximum atomic E-state index is 14.6. The summed E-state index contributed by atoms with van der Waals surface area (Å²) in [5, 5.41) is 7.89. The molecule has 0 bridgehead atoms. The first-order chi connectivity index (χ1) is 14.5. The number of alkyl halides is 2. The van der Waals surface area contributed by atoms with Crippen molar-refractivity contribution in [2.75, 3.05) is 5.32 Å². The molecule has 0 radical (unpaired) electrons. The molecule has 164 valence electrons. The molecule has 1 fully saturated rings. The van der Waals surface area contributed by atoms with E-state index in [-0.39, 0.29) is 33.8 Å². The van der Waals surface area contributed by atoms with E-state index in [0.717, 1.165) is 17.2 Å². The van der Waals surface area contributed by atoms with Crippen molar-refractivity contribution in [1.29, 1.82) is 0 Å². The second-order valence-electron chi connectivity index (χ2n) is 8.75. The van der Waals surface area contributed by atoms with Crippen molar-refractivity contribution in [3.05, 3.63) is 68.1 Å². The molecule has 1 aliphatic rings. The van der Waals surface area contributed by atoms with Gasteiger partial charge in [-0.1, -0.05) is 32.0 Å². The number of nitrogens with one attached hydrogen (secondary N) is 1. The molecule has 0 aliphatic heterocycles. The molecule has 2 heterocycles. The van der Waals surface area contributed by atoms with Crippen molar-refractivity contribution in [3.63, 3.8) is 0 Å². The lowest BCUT2D eigenvalue weighted by Gasteiger charge is -2.19. The van der Waals surface area contributed by atoms with Crippen LogP contribution in [0.4, 0.5) is 19.0 Å². The van der Waals surface area contributed by atoms with Crippen molar-refractivity contribution in [2.24, 2.45) is 12.5 Å². The average Bonchev–Trinajstić information content (AvgIpc) is 3.33. The summed E-state index contributed by atoms with van der Waals surface area (Å²) >= 11 is 0. The van der Waals surface area contributed by atoms with E-state index in [2.05, 4.69) is 24.3 Å². The van der Waals surface area contributed by atoms with Crippen LogP contribution in [0.2, 0.25) is 0 Å². The van der Waals surface area contributed by atoms with Crippen molar-refractivity contribution < 1.29 is 13.2 Å². The Morgan fingerprint density at radius 2 is 1.84 bits per heavy atom. The van der Waals surface area contributed by atoms with Crippen molar-refractivity contribution >= 4 is 16.6 Å². The zero-order valence-corrected chi connectivity index (χ0v) is 17.6. The van der Waals surface area contributed by atoms with Crippen molar-refractivity contribution in [1.82, 2.24) is 14.3 Å². The minimum atomic E-state index is -2.93. The number of benzene rings is 1. The van der Waals surface area contributed by atoms with Gasteiger partial charge in [0.2, 0.25) is 0 Å². The molecule has 1 aromatic carbocycles. The molecule has 4 rings (SSSR count). The number of pyridine rings is 1. The summed E-state index contributed by atoms with van der Waals surface area (Å²) < 4.78 is 43.5. The van der Waals surface area contributed by atoms with Crippen LogP contribution in [0.5, 0.6) is 0 Å². The van der Waals surface area contributed by atoms with Gasteiger partial charge in [-0.3, -0.25) is 9.59 Å². The lowest BCUT2D eigenvalue weighted by atomic mass is 10.0. The smallest absolute Gasteiger partial charge is 0.274 e. The second-order valence-corrected chi connectivity index (χ2v) is 8.75. The molecule has 0 unspecified atom stereocenters.